The molecule has 1 aromatic rings. The second kappa shape index (κ2) is 4.13. The fourth-order valence-electron chi connectivity index (χ4n) is 1.52. The van der Waals surface area contributed by atoms with Gasteiger partial charge in [0, 0.05) is 0 Å². The van der Waals surface area contributed by atoms with E-state index in [9.17, 15) is 0 Å². The summed E-state index contributed by atoms with van der Waals surface area (Å²) in [6.45, 7) is 4.00. The Morgan fingerprint density at radius 2 is 2.29 bits per heavy atom. The van der Waals surface area contributed by atoms with Crippen LogP contribution in [-0.4, -0.2) is 16.3 Å². The van der Waals surface area contributed by atoms with E-state index in [1.165, 1.54) is 0 Å². The minimum absolute atomic E-state index is 0.0555. The first kappa shape index (κ1) is 10.3. The lowest BCUT2D eigenvalue weighted by Gasteiger charge is -2.05. The van der Waals surface area contributed by atoms with Crippen molar-refractivity contribution in [1.82, 2.24) is 10.2 Å². The van der Waals surface area contributed by atoms with Gasteiger partial charge < -0.3 is 4.74 Å². The Kier molecular flexibility index (Phi) is 3.04. The van der Waals surface area contributed by atoms with Crippen LogP contribution in [0.2, 0.25) is 0 Å². The molecule has 0 amide bonds. The summed E-state index contributed by atoms with van der Waals surface area (Å²) in [5.74, 6) is 0. The van der Waals surface area contributed by atoms with Crippen LogP contribution in [0.4, 0.5) is 0 Å². The van der Waals surface area contributed by atoms with Crippen LogP contribution >= 0.6 is 22.9 Å². The smallest absolute Gasteiger partial charge is 0.146 e. The first-order chi connectivity index (χ1) is 6.66. The molecule has 3 atom stereocenters. The number of alkyl halides is 1. The number of hydrogen-bond acceptors (Lipinski definition) is 4. The minimum Gasteiger partial charge on any atom is -0.368 e. The van der Waals surface area contributed by atoms with E-state index in [0.29, 0.717) is 6.10 Å². The molecule has 2 heterocycles. The fraction of sp³-hybridized carbons (Fsp3) is 0.778. The number of halogens is 1. The highest BCUT2D eigenvalue weighted by atomic mass is 35.5. The molecular weight excluding hydrogens is 220 g/mol. The molecule has 0 spiro atoms. The molecule has 2 rings (SSSR count). The van der Waals surface area contributed by atoms with Gasteiger partial charge in [-0.3, -0.25) is 0 Å². The number of rotatable bonds is 2. The van der Waals surface area contributed by atoms with Crippen LogP contribution in [-0.2, 0) is 4.74 Å². The van der Waals surface area contributed by atoms with Crippen LogP contribution < -0.4 is 0 Å². The summed E-state index contributed by atoms with van der Waals surface area (Å²) < 4.78 is 5.71. The largest absolute Gasteiger partial charge is 0.368 e. The predicted octanol–water partition coefficient (Wildman–Crippen LogP) is 3.08. The predicted molar refractivity (Wildman–Crippen MR) is 56.7 cm³/mol. The van der Waals surface area contributed by atoms with Gasteiger partial charge in [-0.25, -0.2) is 0 Å². The lowest BCUT2D eigenvalue weighted by Crippen LogP contribution is -2.00. The Labute approximate surface area is 92.4 Å². The molecule has 1 aliphatic heterocycles. The Morgan fingerprint density at radius 3 is 2.79 bits per heavy atom. The minimum atomic E-state index is -0.0555. The molecular formula is C9H13ClN2OS. The topological polar surface area (TPSA) is 35.0 Å². The van der Waals surface area contributed by atoms with Crippen LogP contribution in [0.15, 0.2) is 0 Å². The average molecular weight is 233 g/mol. The van der Waals surface area contributed by atoms with Crippen LogP contribution in [0.3, 0.4) is 0 Å². The van der Waals surface area contributed by atoms with Crippen molar-refractivity contribution in [2.75, 3.05) is 0 Å². The molecule has 0 radical (unpaired) electrons. The van der Waals surface area contributed by atoms with E-state index in [1.54, 1.807) is 11.3 Å². The van der Waals surface area contributed by atoms with Crippen molar-refractivity contribution in [3.8, 4) is 0 Å². The summed E-state index contributed by atoms with van der Waals surface area (Å²) >= 11 is 7.48. The number of aromatic nitrogens is 2. The molecule has 1 fully saturated rings. The molecule has 5 heteroatoms. The summed E-state index contributed by atoms with van der Waals surface area (Å²) in [7, 11) is 0. The van der Waals surface area contributed by atoms with Crippen LogP contribution in [0.25, 0.3) is 0 Å². The van der Waals surface area contributed by atoms with Gasteiger partial charge in [-0.2, -0.15) is 0 Å². The number of ether oxygens (including phenoxy) is 1. The Bertz CT molecular complexity index is 316. The lowest BCUT2D eigenvalue weighted by atomic mass is 10.2. The number of hydrogen-bond donors (Lipinski definition) is 0. The van der Waals surface area contributed by atoms with Crippen molar-refractivity contribution in [3.63, 3.8) is 0 Å². The van der Waals surface area contributed by atoms with Crippen molar-refractivity contribution in [2.24, 2.45) is 0 Å². The van der Waals surface area contributed by atoms with Crippen molar-refractivity contribution in [1.29, 1.82) is 0 Å². The maximum atomic E-state index is 5.92. The lowest BCUT2D eigenvalue weighted by molar-refractivity contribution is 0.0550. The van der Waals surface area contributed by atoms with E-state index in [4.69, 9.17) is 16.3 Å². The molecule has 14 heavy (non-hydrogen) atoms. The third-order valence-corrected chi connectivity index (χ3v) is 3.84. The van der Waals surface area contributed by atoms with Crippen molar-refractivity contribution in [3.05, 3.63) is 10.0 Å². The van der Waals surface area contributed by atoms with E-state index in [2.05, 4.69) is 17.1 Å². The highest BCUT2D eigenvalue weighted by Crippen LogP contribution is 2.35. The van der Waals surface area contributed by atoms with E-state index in [1.807, 2.05) is 6.92 Å². The fourth-order valence-corrected chi connectivity index (χ4v) is 2.54. The molecule has 1 aromatic heterocycles. The monoisotopic (exact) mass is 232 g/mol. The van der Waals surface area contributed by atoms with Crippen LogP contribution in [0.5, 0.6) is 0 Å². The van der Waals surface area contributed by atoms with Gasteiger partial charge in [0.1, 0.15) is 16.1 Å². The summed E-state index contributed by atoms with van der Waals surface area (Å²) in [5, 5.41) is 9.95. The van der Waals surface area contributed by atoms with Gasteiger partial charge in [0.15, 0.2) is 0 Å². The zero-order valence-corrected chi connectivity index (χ0v) is 9.81. The maximum absolute atomic E-state index is 5.92. The summed E-state index contributed by atoms with van der Waals surface area (Å²) in [6, 6.07) is 0. The van der Waals surface area contributed by atoms with Gasteiger partial charge in [-0.05, 0) is 26.7 Å². The zero-order chi connectivity index (χ0) is 10.1. The van der Waals surface area contributed by atoms with Crippen molar-refractivity contribution in [2.45, 2.75) is 44.3 Å². The summed E-state index contributed by atoms with van der Waals surface area (Å²) in [4.78, 5) is 0. The molecule has 0 aromatic carbocycles. The van der Waals surface area contributed by atoms with Crippen molar-refractivity contribution >= 4 is 22.9 Å². The van der Waals surface area contributed by atoms with Crippen molar-refractivity contribution < 1.29 is 4.74 Å². The third kappa shape index (κ3) is 2.07. The molecule has 1 aliphatic rings. The third-order valence-electron chi connectivity index (χ3n) is 2.30. The molecule has 3 unspecified atom stereocenters. The van der Waals surface area contributed by atoms with Gasteiger partial charge in [0.05, 0.1) is 11.5 Å². The maximum Gasteiger partial charge on any atom is 0.146 e. The van der Waals surface area contributed by atoms with Gasteiger partial charge in [-0.1, -0.05) is 11.3 Å². The molecule has 0 N–H and O–H groups in total. The normalized spacial score (nSPS) is 29.4. The Morgan fingerprint density at radius 1 is 1.50 bits per heavy atom. The highest BCUT2D eigenvalue weighted by Gasteiger charge is 2.26. The molecule has 3 nitrogen and oxygen atoms in total. The second-order valence-corrected chi connectivity index (χ2v) is 5.30. The van der Waals surface area contributed by atoms with Crippen LogP contribution in [0, 0.1) is 0 Å². The average Bonchev–Trinajstić information content (AvgIpc) is 2.70. The molecule has 0 bridgehead atoms. The van der Waals surface area contributed by atoms with Gasteiger partial charge in [0.25, 0.3) is 0 Å². The highest BCUT2D eigenvalue weighted by molar-refractivity contribution is 7.11. The second-order valence-electron chi connectivity index (χ2n) is 3.61. The number of nitrogens with zero attached hydrogens (tertiary/aromatic N) is 2. The van der Waals surface area contributed by atoms with Gasteiger partial charge in [0.2, 0.25) is 0 Å². The quantitative estimate of drug-likeness (QED) is 0.735. The van der Waals surface area contributed by atoms with E-state index < -0.39 is 0 Å². The standard InChI is InChI=1S/C9H13ClN2OS/c1-5-3-4-7(13-5)9-12-11-8(14-9)6(2)10/h5-7H,3-4H2,1-2H3. The Hall–Kier alpha value is -0.190. The van der Waals surface area contributed by atoms with Crippen LogP contribution in [0.1, 0.15) is 48.2 Å². The van der Waals surface area contributed by atoms with E-state index in [-0.39, 0.29) is 11.5 Å². The molecule has 78 valence electrons. The zero-order valence-electron chi connectivity index (χ0n) is 8.24. The SMILES string of the molecule is CC1CCC(c2nnc(C(C)Cl)s2)O1. The molecule has 0 saturated carbocycles. The first-order valence-corrected chi connectivity index (χ1v) is 6.05. The summed E-state index contributed by atoms with van der Waals surface area (Å²) in [5.41, 5.74) is 0. The Balaban J connectivity index is 2.09. The van der Waals surface area contributed by atoms with Gasteiger partial charge >= 0.3 is 0 Å². The molecule has 0 aliphatic carbocycles. The van der Waals surface area contributed by atoms with Gasteiger partial charge in [-0.15, -0.1) is 21.8 Å². The van der Waals surface area contributed by atoms with E-state index >= 15 is 0 Å². The van der Waals surface area contributed by atoms with E-state index in [0.717, 1.165) is 22.9 Å². The summed E-state index contributed by atoms with van der Waals surface area (Å²) in [6.07, 6.45) is 2.65. The molecule has 1 saturated heterocycles. The first-order valence-electron chi connectivity index (χ1n) is 4.79.